The van der Waals surface area contributed by atoms with Gasteiger partial charge >= 0.3 is 0 Å². The molecule has 8 heteroatoms. The van der Waals surface area contributed by atoms with Crippen LogP contribution in [0.25, 0.3) is 0 Å². The average molecular weight is 498 g/mol. The number of thiocarbonyl (C=S) groups is 1. The quantitative estimate of drug-likeness (QED) is 0.375. The van der Waals surface area contributed by atoms with Crippen molar-refractivity contribution in [2.45, 2.75) is 26.3 Å². The SMILES string of the molecule is CC(C)c1ccc(NC(=S)Nc2nn(Cc3ccc(Cl)c(Cl)c3)cc2Br)cc1. The van der Waals surface area contributed by atoms with Crippen LogP contribution in [0.5, 0.6) is 0 Å². The highest BCUT2D eigenvalue weighted by Gasteiger charge is 2.10. The Morgan fingerprint density at radius 1 is 1.11 bits per heavy atom. The van der Waals surface area contributed by atoms with E-state index >= 15 is 0 Å². The summed E-state index contributed by atoms with van der Waals surface area (Å²) in [5, 5.41) is 12.4. The van der Waals surface area contributed by atoms with Crippen molar-refractivity contribution in [1.82, 2.24) is 9.78 Å². The van der Waals surface area contributed by atoms with Gasteiger partial charge in [-0.05, 0) is 69.5 Å². The molecular formula is C20H19BrCl2N4S. The van der Waals surface area contributed by atoms with Crippen molar-refractivity contribution in [2.75, 3.05) is 10.6 Å². The molecule has 0 saturated heterocycles. The molecule has 0 fully saturated rings. The number of benzene rings is 2. The Morgan fingerprint density at radius 2 is 1.82 bits per heavy atom. The van der Waals surface area contributed by atoms with Crippen LogP contribution in [0.2, 0.25) is 10.0 Å². The van der Waals surface area contributed by atoms with E-state index in [1.165, 1.54) is 5.56 Å². The third kappa shape index (κ3) is 5.47. The van der Waals surface area contributed by atoms with Crippen LogP contribution in [-0.2, 0) is 6.54 Å². The normalized spacial score (nSPS) is 10.9. The van der Waals surface area contributed by atoms with E-state index in [-0.39, 0.29) is 0 Å². The molecule has 0 aliphatic carbocycles. The number of hydrogen-bond acceptors (Lipinski definition) is 2. The molecule has 0 amide bonds. The van der Waals surface area contributed by atoms with Crippen LogP contribution >= 0.6 is 51.3 Å². The molecule has 0 aliphatic rings. The Balaban J connectivity index is 1.64. The highest BCUT2D eigenvalue weighted by Crippen LogP contribution is 2.25. The molecule has 0 radical (unpaired) electrons. The lowest BCUT2D eigenvalue weighted by molar-refractivity contribution is 0.689. The maximum absolute atomic E-state index is 6.08. The van der Waals surface area contributed by atoms with Gasteiger partial charge in [0.2, 0.25) is 0 Å². The molecule has 1 aromatic heterocycles. The maximum atomic E-state index is 6.08. The molecule has 0 saturated carbocycles. The smallest absolute Gasteiger partial charge is 0.176 e. The molecule has 0 atom stereocenters. The Hall–Kier alpha value is -1.60. The summed E-state index contributed by atoms with van der Waals surface area (Å²) >= 11 is 21.0. The first-order chi connectivity index (χ1) is 13.3. The molecule has 146 valence electrons. The molecule has 2 aromatic carbocycles. The van der Waals surface area contributed by atoms with Crippen LogP contribution in [0.15, 0.2) is 53.1 Å². The molecule has 0 bridgehead atoms. The second-order valence-electron chi connectivity index (χ2n) is 6.63. The third-order valence-electron chi connectivity index (χ3n) is 4.11. The Morgan fingerprint density at radius 3 is 2.46 bits per heavy atom. The molecule has 28 heavy (non-hydrogen) atoms. The fourth-order valence-corrected chi connectivity index (χ4v) is 3.56. The Bertz CT molecular complexity index is 986. The second-order valence-corrected chi connectivity index (χ2v) is 8.70. The molecule has 0 unspecified atom stereocenters. The predicted molar refractivity (Wildman–Crippen MR) is 126 cm³/mol. The first-order valence-electron chi connectivity index (χ1n) is 8.66. The summed E-state index contributed by atoms with van der Waals surface area (Å²) in [4.78, 5) is 0. The predicted octanol–water partition coefficient (Wildman–Crippen LogP) is 6.93. The molecule has 3 aromatic rings. The van der Waals surface area contributed by atoms with E-state index in [0.29, 0.717) is 33.4 Å². The summed E-state index contributed by atoms with van der Waals surface area (Å²) in [5.41, 5.74) is 3.21. The van der Waals surface area contributed by atoms with Crippen LogP contribution in [0, 0.1) is 0 Å². The lowest BCUT2D eigenvalue weighted by Gasteiger charge is -2.11. The molecule has 0 aliphatic heterocycles. The van der Waals surface area contributed by atoms with Crippen molar-refractivity contribution in [1.29, 1.82) is 0 Å². The summed E-state index contributed by atoms with van der Waals surface area (Å²) in [5.74, 6) is 1.13. The third-order valence-corrected chi connectivity index (χ3v) is 5.64. The minimum absolute atomic E-state index is 0.470. The van der Waals surface area contributed by atoms with Crippen molar-refractivity contribution in [3.8, 4) is 0 Å². The zero-order valence-electron chi connectivity index (χ0n) is 15.3. The lowest BCUT2D eigenvalue weighted by Crippen LogP contribution is -2.19. The summed E-state index contributed by atoms with van der Waals surface area (Å²) in [6.45, 7) is 4.90. The van der Waals surface area contributed by atoms with Crippen molar-refractivity contribution in [3.63, 3.8) is 0 Å². The molecule has 0 spiro atoms. The van der Waals surface area contributed by atoms with Crippen LogP contribution in [0.3, 0.4) is 0 Å². The van der Waals surface area contributed by atoms with Crippen LogP contribution in [0.1, 0.15) is 30.9 Å². The first-order valence-corrected chi connectivity index (χ1v) is 10.6. The van der Waals surface area contributed by atoms with Gasteiger partial charge in [0, 0.05) is 11.9 Å². The fraction of sp³-hybridized carbons (Fsp3) is 0.200. The molecule has 4 nitrogen and oxygen atoms in total. The monoisotopic (exact) mass is 496 g/mol. The maximum Gasteiger partial charge on any atom is 0.176 e. The molecule has 3 rings (SSSR count). The van der Waals surface area contributed by atoms with Gasteiger partial charge in [-0.1, -0.05) is 55.2 Å². The zero-order chi connectivity index (χ0) is 20.3. The van der Waals surface area contributed by atoms with Gasteiger partial charge < -0.3 is 10.6 Å². The van der Waals surface area contributed by atoms with Crippen molar-refractivity contribution in [3.05, 3.63) is 74.3 Å². The van der Waals surface area contributed by atoms with E-state index < -0.39 is 0 Å². The number of rotatable bonds is 5. The minimum Gasteiger partial charge on any atom is -0.332 e. The first kappa shape index (κ1) is 21.1. The highest BCUT2D eigenvalue weighted by atomic mass is 79.9. The molecular weight excluding hydrogens is 479 g/mol. The summed E-state index contributed by atoms with van der Waals surface area (Å²) in [6, 6.07) is 13.8. The minimum atomic E-state index is 0.470. The summed E-state index contributed by atoms with van der Waals surface area (Å²) in [6.07, 6.45) is 1.88. The van der Waals surface area contributed by atoms with Gasteiger partial charge in [-0.15, -0.1) is 0 Å². The van der Waals surface area contributed by atoms with Gasteiger partial charge in [0.15, 0.2) is 10.9 Å². The number of nitrogens with zero attached hydrogens (tertiary/aromatic N) is 2. The lowest BCUT2D eigenvalue weighted by atomic mass is 10.0. The Kier molecular flexibility index (Phi) is 6.99. The molecule has 1 heterocycles. The topological polar surface area (TPSA) is 41.9 Å². The van der Waals surface area contributed by atoms with Crippen molar-refractivity contribution >= 4 is 68.0 Å². The van der Waals surface area contributed by atoms with Gasteiger partial charge in [0.1, 0.15) is 0 Å². The van der Waals surface area contributed by atoms with E-state index in [9.17, 15) is 0 Å². The second kappa shape index (κ2) is 9.27. The van der Waals surface area contributed by atoms with Gasteiger partial charge in [-0.2, -0.15) is 5.10 Å². The van der Waals surface area contributed by atoms with Gasteiger partial charge in [-0.3, -0.25) is 4.68 Å². The van der Waals surface area contributed by atoms with E-state index in [1.807, 2.05) is 30.5 Å². The van der Waals surface area contributed by atoms with E-state index in [1.54, 1.807) is 10.7 Å². The largest absolute Gasteiger partial charge is 0.332 e. The van der Waals surface area contributed by atoms with Crippen molar-refractivity contribution in [2.24, 2.45) is 0 Å². The standard InChI is InChI=1S/C20H19BrCl2N4S/c1-12(2)14-4-6-15(7-5-14)24-20(28)25-19-16(21)11-27(26-19)10-13-3-8-17(22)18(23)9-13/h3-9,11-12H,10H2,1-2H3,(H2,24,25,26,28). The van der Waals surface area contributed by atoms with E-state index in [2.05, 4.69) is 57.6 Å². The van der Waals surface area contributed by atoms with Gasteiger partial charge in [0.25, 0.3) is 0 Å². The summed E-state index contributed by atoms with van der Waals surface area (Å²) in [7, 11) is 0. The van der Waals surface area contributed by atoms with E-state index in [4.69, 9.17) is 35.4 Å². The summed E-state index contributed by atoms with van der Waals surface area (Å²) < 4.78 is 2.61. The van der Waals surface area contributed by atoms with Gasteiger partial charge in [-0.25, -0.2) is 0 Å². The van der Waals surface area contributed by atoms with Crippen LogP contribution < -0.4 is 10.6 Å². The zero-order valence-corrected chi connectivity index (χ0v) is 19.3. The number of hydrogen-bond donors (Lipinski definition) is 2. The van der Waals surface area contributed by atoms with Crippen LogP contribution in [0.4, 0.5) is 11.5 Å². The number of halogens is 3. The van der Waals surface area contributed by atoms with Gasteiger partial charge in [0.05, 0.1) is 21.1 Å². The number of anilines is 2. The average Bonchev–Trinajstić information content (AvgIpc) is 2.97. The Labute approximate surface area is 188 Å². The van der Waals surface area contributed by atoms with Crippen molar-refractivity contribution < 1.29 is 0 Å². The number of aromatic nitrogens is 2. The number of nitrogens with one attached hydrogen (secondary N) is 2. The van der Waals surface area contributed by atoms with Crippen LogP contribution in [-0.4, -0.2) is 14.9 Å². The van der Waals surface area contributed by atoms with E-state index in [0.717, 1.165) is 15.7 Å². The molecule has 2 N–H and O–H groups in total. The highest BCUT2D eigenvalue weighted by molar-refractivity contribution is 9.10. The fourth-order valence-electron chi connectivity index (χ4n) is 2.61.